The quantitative estimate of drug-likeness (QED) is 0.707. The maximum absolute atomic E-state index is 13.0. The predicted molar refractivity (Wildman–Crippen MR) is 56.4 cm³/mol. The summed E-state index contributed by atoms with van der Waals surface area (Å²) in [4.78, 5) is 6.22. The molecule has 0 bridgehead atoms. The molecule has 0 radical (unpaired) electrons. The lowest BCUT2D eigenvalue weighted by Gasteiger charge is -2.36. The van der Waals surface area contributed by atoms with Crippen LogP contribution < -0.4 is 4.90 Å². The predicted octanol–water partition coefficient (Wildman–Crippen LogP) is 1.83. The third-order valence-electron chi connectivity index (χ3n) is 2.45. The first-order valence-electron chi connectivity index (χ1n) is 5.17. The number of hydrogen-bond acceptors (Lipinski definition) is 3. The molecule has 0 spiro atoms. The van der Waals surface area contributed by atoms with Crippen LogP contribution in [0.3, 0.4) is 0 Å². The third-order valence-corrected chi connectivity index (χ3v) is 2.45. The van der Waals surface area contributed by atoms with Crippen LogP contribution in [0.15, 0.2) is 18.3 Å². The van der Waals surface area contributed by atoms with Crippen molar-refractivity contribution in [3.05, 3.63) is 24.1 Å². The van der Waals surface area contributed by atoms with E-state index < -0.39 is 0 Å². The second kappa shape index (κ2) is 4.14. The van der Waals surface area contributed by atoms with Gasteiger partial charge in [-0.3, -0.25) is 0 Å². The highest BCUT2D eigenvalue weighted by Gasteiger charge is 2.23. The smallest absolute Gasteiger partial charge is 0.131 e. The molecule has 0 N–H and O–H groups in total. The molecular weight excluding hydrogens is 195 g/mol. The van der Waals surface area contributed by atoms with Crippen molar-refractivity contribution in [2.45, 2.75) is 26.1 Å². The molecule has 2 heterocycles. The molecule has 1 aliphatic heterocycles. The minimum absolute atomic E-state index is 0.166. The average molecular weight is 210 g/mol. The van der Waals surface area contributed by atoms with Crippen LogP contribution in [0.25, 0.3) is 0 Å². The van der Waals surface area contributed by atoms with Gasteiger partial charge in [-0.1, -0.05) is 0 Å². The molecule has 3 nitrogen and oxygen atoms in total. The van der Waals surface area contributed by atoms with Crippen molar-refractivity contribution < 1.29 is 9.13 Å². The molecular formula is C11H15FN2O. The summed E-state index contributed by atoms with van der Waals surface area (Å²) in [6.07, 6.45) is 1.83. The number of hydrogen-bond donors (Lipinski definition) is 0. The van der Waals surface area contributed by atoms with E-state index >= 15 is 0 Å². The molecule has 82 valence electrons. The van der Waals surface area contributed by atoms with Crippen LogP contribution in [0, 0.1) is 5.82 Å². The number of rotatable bonds is 1. The van der Waals surface area contributed by atoms with E-state index in [1.54, 1.807) is 0 Å². The summed E-state index contributed by atoms with van der Waals surface area (Å²) in [5, 5.41) is 0. The van der Waals surface area contributed by atoms with E-state index in [1.807, 2.05) is 13.8 Å². The van der Waals surface area contributed by atoms with E-state index in [9.17, 15) is 4.39 Å². The fourth-order valence-electron chi connectivity index (χ4n) is 1.93. The Morgan fingerprint density at radius 3 is 2.67 bits per heavy atom. The summed E-state index contributed by atoms with van der Waals surface area (Å²) in [5.74, 6) is 0.448. The highest BCUT2D eigenvalue weighted by Crippen LogP contribution is 2.18. The van der Waals surface area contributed by atoms with Gasteiger partial charge in [0, 0.05) is 25.4 Å². The van der Waals surface area contributed by atoms with E-state index in [-0.39, 0.29) is 18.0 Å². The van der Waals surface area contributed by atoms with Gasteiger partial charge in [-0.2, -0.15) is 0 Å². The zero-order valence-corrected chi connectivity index (χ0v) is 8.98. The number of morpholine rings is 1. The Balaban J connectivity index is 2.16. The molecule has 1 aromatic heterocycles. The maximum atomic E-state index is 13.0. The van der Waals surface area contributed by atoms with Gasteiger partial charge in [0.2, 0.25) is 0 Å². The van der Waals surface area contributed by atoms with Gasteiger partial charge in [0.1, 0.15) is 11.6 Å². The van der Waals surface area contributed by atoms with Gasteiger partial charge in [-0.05, 0) is 19.9 Å². The zero-order chi connectivity index (χ0) is 10.8. The molecule has 1 saturated heterocycles. The van der Waals surface area contributed by atoms with Crippen molar-refractivity contribution in [2.75, 3.05) is 18.0 Å². The molecule has 0 aliphatic carbocycles. The van der Waals surface area contributed by atoms with E-state index in [4.69, 9.17) is 4.74 Å². The molecule has 2 rings (SSSR count). The first-order valence-corrected chi connectivity index (χ1v) is 5.17. The van der Waals surface area contributed by atoms with Crippen LogP contribution in [-0.2, 0) is 4.74 Å². The van der Waals surface area contributed by atoms with Crippen molar-refractivity contribution >= 4 is 5.82 Å². The Bertz CT molecular complexity index is 335. The van der Waals surface area contributed by atoms with Gasteiger partial charge in [-0.25, -0.2) is 9.37 Å². The Labute approximate surface area is 88.9 Å². The number of anilines is 1. The summed E-state index contributed by atoms with van der Waals surface area (Å²) >= 11 is 0. The monoisotopic (exact) mass is 210 g/mol. The van der Waals surface area contributed by atoms with Gasteiger partial charge in [0.05, 0.1) is 12.2 Å². The highest BCUT2D eigenvalue weighted by atomic mass is 19.1. The Kier molecular flexibility index (Phi) is 2.86. The molecule has 15 heavy (non-hydrogen) atoms. The lowest BCUT2D eigenvalue weighted by Crippen LogP contribution is -2.45. The summed E-state index contributed by atoms with van der Waals surface area (Å²) in [6.45, 7) is 5.56. The number of aromatic nitrogens is 1. The second-order valence-corrected chi connectivity index (χ2v) is 3.99. The van der Waals surface area contributed by atoms with Gasteiger partial charge >= 0.3 is 0 Å². The summed E-state index contributed by atoms with van der Waals surface area (Å²) in [6, 6.07) is 2.82. The molecule has 4 heteroatoms. The largest absolute Gasteiger partial charge is 0.372 e. The Morgan fingerprint density at radius 2 is 2.07 bits per heavy atom. The van der Waals surface area contributed by atoms with Gasteiger partial charge in [0.15, 0.2) is 0 Å². The Morgan fingerprint density at radius 1 is 1.40 bits per heavy atom. The number of nitrogens with zero attached hydrogens (tertiary/aromatic N) is 2. The standard InChI is InChI=1S/C11H15FN2O/c1-8-6-14(7-9(2)15-8)11-5-10(12)3-4-13-11/h3-5,8-9H,6-7H2,1-2H3/t8-,9+. The number of ether oxygens (including phenoxy) is 1. The van der Waals surface area contributed by atoms with Crippen LogP contribution in [0.1, 0.15) is 13.8 Å². The van der Waals surface area contributed by atoms with Gasteiger partial charge in [-0.15, -0.1) is 0 Å². The van der Waals surface area contributed by atoms with E-state index in [1.165, 1.54) is 18.3 Å². The topological polar surface area (TPSA) is 25.4 Å². The fourth-order valence-corrected chi connectivity index (χ4v) is 1.93. The molecule has 0 aromatic carbocycles. The van der Waals surface area contributed by atoms with Crippen LogP contribution >= 0.6 is 0 Å². The SMILES string of the molecule is C[C@@H]1CN(c2cc(F)ccn2)C[C@H](C)O1. The number of pyridine rings is 1. The summed E-state index contributed by atoms with van der Waals surface area (Å²) < 4.78 is 18.6. The van der Waals surface area contributed by atoms with Crippen molar-refractivity contribution in [2.24, 2.45) is 0 Å². The minimum atomic E-state index is -0.244. The molecule has 0 amide bonds. The van der Waals surface area contributed by atoms with E-state index in [2.05, 4.69) is 9.88 Å². The number of halogens is 1. The van der Waals surface area contributed by atoms with Gasteiger partial charge in [0.25, 0.3) is 0 Å². The maximum Gasteiger partial charge on any atom is 0.131 e. The lowest BCUT2D eigenvalue weighted by molar-refractivity contribution is -0.00547. The van der Waals surface area contributed by atoms with E-state index in [0.29, 0.717) is 5.82 Å². The molecule has 2 atom stereocenters. The van der Waals surface area contributed by atoms with Crippen molar-refractivity contribution in [3.8, 4) is 0 Å². The van der Waals surface area contributed by atoms with Crippen LogP contribution in [0.5, 0.6) is 0 Å². The zero-order valence-electron chi connectivity index (χ0n) is 8.98. The normalized spacial score (nSPS) is 26.7. The van der Waals surface area contributed by atoms with Crippen molar-refractivity contribution in [1.29, 1.82) is 0 Å². The van der Waals surface area contributed by atoms with Crippen molar-refractivity contribution in [1.82, 2.24) is 4.98 Å². The Hall–Kier alpha value is -1.16. The summed E-state index contributed by atoms with van der Waals surface area (Å²) in [7, 11) is 0. The molecule has 1 aromatic rings. The van der Waals surface area contributed by atoms with E-state index in [0.717, 1.165) is 13.1 Å². The lowest BCUT2D eigenvalue weighted by atomic mass is 10.2. The minimum Gasteiger partial charge on any atom is -0.372 e. The van der Waals surface area contributed by atoms with Crippen LogP contribution in [0.4, 0.5) is 10.2 Å². The second-order valence-electron chi connectivity index (χ2n) is 3.99. The molecule has 1 fully saturated rings. The van der Waals surface area contributed by atoms with Gasteiger partial charge < -0.3 is 9.64 Å². The first kappa shape index (κ1) is 10.4. The first-order chi connectivity index (χ1) is 7.15. The molecule has 0 saturated carbocycles. The van der Waals surface area contributed by atoms with Crippen LogP contribution in [0.2, 0.25) is 0 Å². The average Bonchev–Trinajstić information content (AvgIpc) is 2.16. The molecule has 1 aliphatic rings. The summed E-state index contributed by atoms with van der Waals surface area (Å²) in [5.41, 5.74) is 0. The van der Waals surface area contributed by atoms with Crippen molar-refractivity contribution in [3.63, 3.8) is 0 Å². The highest BCUT2D eigenvalue weighted by molar-refractivity contribution is 5.39. The third kappa shape index (κ3) is 2.45. The molecule has 0 unspecified atom stereocenters. The fraction of sp³-hybridized carbons (Fsp3) is 0.545. The van der Waals surface area contributed by atoms with Crippen LogP contribution in [-0.4, -0.2) is 30.3 Å².